The zero-order chi connectivity index (χ0) is 15.6. The van der Waals surface area contributed by atoms with Crippen LogP contribution < -0.4 is 5.32 Å². The Balaban J connectivity index is 1.71. The van der Waals surface area contributed by atoms with Crippen LogP contribution in [0.5, 0.6) is 0 Å². The van der Waals surface area contributed by atoms with Gasteiger partial charge in [0.2, 0.25) is 11.7 Å². The number of thiophene rings is 1. The summed E-state index contributed by atoms with van der Waals surface area (Å²) in [6, 6.07) is 8.52. The van der Waals surface area contributed by atoms with Crippen LogP contribution in [0.1, 0.15) is 5.89 Å². The van der Waals surface area contributed by atoms with Crippen molar-refractivity contribution < 1.29 is 12.9 Å². The number of aromatic nitrogens is 2. The zero-order valence-corrected chi connectivity index (χ0v) is 13.3. The highest BCUT2D eigenvalue weighted by Gasteiger charge is 2.10. The SMILES string of the molecule is CS(=O)(=O)c1cccc(NCc2nc(-c3ccsc3)no2)c1. The van der Waals surface area contributed by atoms with Crippen molar-refractivity contribution in [2.45, 2.75) is 11.4 Å². The summed E-state index contributed by atoms with van der Waals surface area (Å²) < 4.78 is 28.2. The van der Waals surface area contributed by atoms with Gasteiger partial charge in [0.05, 0.1) is 11.4 Å². The summed E-state index contributed by atoms with van der Waals surface area (Å²) in [7, 11) is -3.22. The van der Waals surface area contributed by atoms with Gasteiger partial charge < -0.3 is 9.84 Å². The predicted octanol–water partition coefficient (Wildman–Crippen LogP) is 2.81. The van der Waals surface area contributed by atoms with Crippen LogP contribution in [0.15, 0.2) is 50.5 Å². The predicted molar refractivity (Wildman–Crippen MR) is 84.5 cm³/mol. The van der Waals surface area contributed by atoms with Crippen LogP contribution in [-0.4, -0.2) is 24.8 Å². The minimum Gasteiger partial charge on any atom is -0.376 e. The molecule has 2 heterocycles. The first kappa shape index (κ1) is 14.7. The van der Waals surface area contributed by atoms with Gasteiger partial charge in [-0.1, -0.05) is 11.2 Å². The average Bonchev–Trinajstić information content (AvgIpc) is 3.15. The normalized spacial score (nSPS) is 11.5. The monoisotopic (exact) mass is 335 g/mol. The molecule has 6 nitrogen and oxygen atoms in total. The molecule has 0 atom stereocenters. The van der Waals surface area contributed by atoms with Crippen molar-refractivity contribution in [1.82, 2.24) is 10.1 Å². The van der Waals surface area contributed by atoms with Crippen LogP contribution in [-0.2, 0) is 16.4 Å². The molecule has 0 saturated heterocycles. The molecule has 0 unspecified atom stereocenters. The molecule has 0 aliphatic heterocycles. The summed E-state index contributed by atoms with van der Waals surface area (Å²) in [5.41, 5.74) is 1.59. The number of sulfone groups is 1. The molecule has 3 aromatic rings. The number of rotatable bonds is 5. The number of nitrogens with zero attached hydrogens (tertiary/aromatic N) is 2. The van der Waals surface area contributed by atoms with Crippen LogP contribution in [0.2, 0.25) is 0 Å². The fraction of sp³-hybridized carbons (Fsp3) is 0.143. The van der Waals surface area contributed by atoms with E-state index in [0.29, 0.717) is 23.9 Å². The van der Waals surface area contributed by atoms with Crippen LogP contribution in [0.4, 0.5) is 5.69 Å². The van der Waals surface area contributed by atoms with E-state index in [0.717, 1.165) is 5.56 Å². The Bertz CT molecular complexity index is 870. The molecule has 114 valence electrons. The average molecular weight is 335 g/mol. The summed E-state index contributed by atoms with van der Waals surface area (Å²) >= 11 is 1.56. The zero-order valence-electron chi connectivity index (χ0n) is 11.7. The van der Waals surface area contributed by atoms with Gasteiger partial charge in [0, 0.05) is 22.9 Å². The first-order valence-electron chi connectivity index (χ1n) is 6.41. The molecule has 0 aliphatic carbocycles. The van der Waals surface area contributed by atoms with Gasteiger partial charge in [0.25, 0.3) is 0 Å². The highest BCUT2D eigenvalue weighted by molar-refractivity contribution is 7.90. The van der Waals surface area contributed by atoms with E-state index in [4.69, 9.17) is 4.52 Å². The Morgan fingerprint density at radius 1 is 1.32 bits per heavy atom. The van der Waals surface area contributed by atoms with Crippen molar-refractivity contribution in [3.05, 3.63) is 47.0 Å². The molecule has 1 N–H and O–H groups in total. The molecule has 0 saturated carbocycles. The largest absolute Gasteiger partial charge is 0.376 e. The second-order valence-corrected chi connectivity index (χ2v) is 7.47. The van der Waals surface area contributed by atoms with Crippen LogP contribution in [0, 0.1) is 0 Å². The Kier molecular flexibility index (Phi) is 3.95. The maximum absolute atomic E-state index is 11.5. The van der Waals surface area contributed by atoms with Gasteiger partial charge in [0.15, 0.2) is 9.84 Å². The summed E-state index contributed by atoms with van der Waals surface area (Å²) in [5, 5.41) is 10.9. The van der Waals surface area contributed by atoms with E-state index < -0.39 is 9.84 Å². The van der Waals surface area contributed by atoms with E-state index in [2.05, 4.69) is 15.5 Å². The second kappa shape index (κ2) is 5.90. The molecule has 3 rings (SSSR count). The number of benzene rings is 1. The van der Waals surface area contributed by atoms with E-state index >= 15 is 0 Å². The molecule has 22 heavy (non-hydrogen) atoms. The quantitative estimate of drug-likeness (QED) is 0.772. The summed E-state index contributed by atoms with van der Waals surface area (Å²) in [5.74, 6) is 0.980. The van der Waals surface area contributed by atoms with Crippen LogP contribution in [0.3, 0.4) is 0 Å². The van der Waals surface area contributed by atoms with Crippen molar-refractivity contribution in [2.24, 2.45) is 0 Å². The van der Waals surface area contributed by atoms with Gasteiger partial charge in [-0.05, 0) is 29.6 Å². The number of nitrogens with one attached hydrogen (secondary N) is 1. The molecule has 8 heteroatoms. The third kappa shape index (κ3) is 3.34. The molecule has 0 bridgehead atoms. The second-order valence-electron chi connectivity index (χ2n) is 4.68. The summed E-state index contributed by atoms with van der Waals surface area (Å²) in [6.07, 6.45) is 1.18. The van der Waals surface area contributed by atoms with E-state index in [1.807, 2.05) is 16.8 Å². The molecule has 0 fully saturated rings. The van der Waals surface area contributed by atoms with Gasteiger partial charge in [-0.15, -0.1) is 0 Å². The molecule has 0 aliphatic rings. The molecule has 0 spiro atoms. The highest BCUT2D eigenvalue weighted by atomic mass is 32.2. The van der Waals surface area contributed by atoms with Crippen LogP contribution >= 0.6 is 11.3 Å². The minimum absolute atomic E-state index is 0.266. The molecular formula is C14H13N3O3S2. The first-order valence-corrected chi connectivity index (χ1v) is 9.25. The highest BCUT2D eigenvalue weighted by Crippen LogP contribution is 2.19. The smallest absolute Gasteiger partial charge is 0.246 e. The Morgan fingerprint density at radius 3 is 2.91 bits per heavy atom. The maximum Gasteiger partial charge on any atom is 0.246 e. The van der Waals surface area contributed by atoms with E-state index in [-0.39, 0.29) is 4.90 Å². The Hall–Kier alpha value is -2.19. The van der Waals surface area contributed by atoms with Crippen molar-refractivity contribution in [2.75, 3.05) is 11.6 Å². The standard InChI is InChI=1S/C14H13N3O3S2/c1-22(18,19)12-4-2-3-11(7-12)15-8-13-16-14(17-20-13)10-5-6-21-9-10/h2-7,9,15H,8H2,1H3. The summed E-state index contributed by atoms with van der Waals surface area (Å²) in [6.45, 7) is 0.324. The van der Waals surface area contributed by atoms with Gasteiger partial charge in [-0.2, -0.15) is 16.3 Å². The lowest BCUT2D eigenvalue weighted by Gasteiger charge is -2.05. The fourth-order valence-electron chi connectivity index (χ4n) is 1.85. The number of hydrogen-bond donors (Lipinski definition) is 1. The van der Waals surface area contributed by atoms with E-state index in [9.17, 15) is 8.42 Å². The third-order valence-electron chi connectivity index (χ3n) is 2.95. The summed E-state index contributed by atoms with van der Waals surface area (Å²) in [4.78, 5) is 4.55. The van der Waals surface area contributed by atoms with Gasteiger partial charge in [0.1, 0.15) is 0 Å². The first-order chi connectivity index (χ1) is 10.5. The van der Waals surface area contributed by atoms with Gasteiger partial charge in [-0.25, -0.2) is 8.42 Å². The Morgan fingerprint density at radius 2 is 2.18 bits per heavy atom. The molecule has 2 aromatic heterocycles. The lowest BCUT2D eigenvalue weighted by atomic mass is 10.3. The molecular weight excluding hydrogens is 322 g/mol. The van der Waals surface area contributed by atoms with Crippen molar-refractivity contribution in [1.29, 1.82) is 0 Å². The van der Waals surface area contributed by atoms with Gasteiger partial charge >= 0.3 is 0 Å². The molecule has 0 amide bonds. The van der Waals surface area contributed by atoms with Crippen molar-refractivity contribution in [3.63, 3.8) is 0 Å². The topological polar surface area (TPSA) is 85.1 Å². The number of anilines is 1. The molecule has 1 aromatic carbocycles. The van der Waals surface area contributed by atoms with Gasteiger partial charge in [-0.3, -0.25) is 0 Å². The van der Waals surface area contributed by atoms with E-state index in [1.54, 1.807) is 35.6 Å². The fourth-order valence-corrected chi connectivity index (χ4v) is 3.15. The number of hydrogen-bond acceptors (Lipinski definition) is 7. The lowest BCUT2D eigenvalue weighted by Crippen LogP contribution is -2.02. The van der Waals surface area contributed by atoms with Crippen LogP contribution in [0.25, 0.3) is 11.4 Å². The van der Waals surface area contributed by atoms with Crippen molar-refractivity contribution in [3.8, 4) is 11.4 Å². The molecule has 0 radical (unpaired) electrons. The van der Waals surface area contributed by atoms with E-state index in [1.165, 1.54) is 6.26 Å². The minimum atomic E-state index is -3.22. The van der Waals surface area contributed by atoms with Crippen molar-refractivity contribution >= 4 is 26.9 Å². The Labute approximate surface area is 131 Å². The third-order valence-corrected chi connectivity index (χ3v) is 4.75. The maximum atomic E-state index is 11.5. The lowest BCUT2D eigenvalue weighted by molar-refractivity contribution is 0.384.